The van der Waals surface area contributed by atoms with E-state index in [1.165, 1.54) is 18.5 Å². The highest BCUT2D eigenvalue weighted by atomic mass is 19.3. The quantitative estimate of drug-likeness (QED) is 0.577. The highest BCUT2D eigenvalue weighted by Gasteiger charge is 2.57. The van der Waals surface area contributed by atoms with Crippen LogP contribution in [0.3, 0.4) is 0 Å². The van der Waals surface area contributed by atoms with Gasteiger partial charge < -0.3 is 10.7 Å². The number of aromatic amines is 1. The van der Waals surface area contributed by atoms with Gasteiger partial charge in [-0.1, -0.05) is 0 Å². The number of amides is 1. The Labute approximate surface area is 189 Å². The van der Waals surface area contributed by atoms with Crippen molar-refractivity contribution in [3.05, 3.63) is 40.4 Å². The second-order valence-corrected chi connectivity index (χ2v) is 10.0. The number of carbonyl (C=O) groups is 1. The summed E-state index contributed by atoms with van der Waals surface area (Å²) in [6, 6.07) is 2.94. The minimum absolute atomic E-state index is 0.00403. The molecule has 0 aromatic carbocycles. The summed E-state index contributed by atoms with van der Waals surface area (Å²) >= 11 is 0. The Morgan fingerprint density at radius 3 is 2.06 bits per heavy atom. The third kappa shape index (κ3) is 5.22. The van der Waals surface area contributed by atoms with E-state index in [-0.39, 0.29) is 47.6 Å². The Hall–Kier alpha value is -2.45. The number of H-pyrrole nitrogens is 1. The molecule has 0 bridgehead atoms. The number of nitrogens with one attached hydrogen (secondary N) is 1. The van der Waals surface area contributed by atoms with Crippen LogP contribution in [0.2, 0.25) is 0 Å². The number of nitrogens with zero attached hydrogens (tertiary/aromatic N) is 1. The van der Waals surface area contributed by atoms with Gasteiger partial charge in [-0.15, -0.1) is 0 Å². The third-order valence-electron chi connectivity index (χ3n) is 7.69. The van der Waals surface area contributed by atoms with Crippen molar-refractivity contribution in [1.29, 1.82) is 0 Å². The van der Waals surface area contributed by atoms with Gasteiger partial charge in [-0.3, -0.25) is 14.6 Å². The van der Waals surface area contributed by atoms with Crippen molar-refractivity contribution in [3.8, 4) is 0 Å². The lowest BCUT2D eigenvalue weighted by atomic mass is 9.55. The molecule has 180 valence electrons. The van der Waals surface area contributed by atoms with Crippen LogP contribution in [0.5, 0.6) is 0 Å². The summed E-state index contributed by atoms with van der Waals surface area (Å²) in [7, 11) is 0. The van der Waals surface area contributed by atoms with Gasteiger partial charge in [0.15, 0.2) is 5.43 Å². The fourth-order valence-corrected chi connectivity index (χ4v) is 5.97. The van der Waals surface area contributed by atoms with Crippen LogP contribution in [0, 0.1) is 17.3 Å². The summed E-state index contributed by atoms with van der Waals surface area (Å²) in [6.07, 6.45) is 8.11. The molecule has 0 unspecified atom stereocenters. The maximum Gasteiger partial charge on any atom is 0.268 e. The van der Waals surface area contributed by atoms with Gasteiger partial charge in [-0.25, -0.2) is 17.6 Å². The Morgan fingerprint density at radius 2 is 1.52 bits per heavy atom. The number of alkyl halides is 4. The Bertz CT molecular complexity index is 1050. The van der Waals surface area contributed by atoms with Crippen molar-refractivity contribution in [2.75, 3.05) is 0 Å². The van der Waals surface area contributed by atoms with Gasteiger partial charge in [-0.2, -0.15) is 0 Å². The molecule has 5 nitrogen and oxygen atoms in total. The van der Waals surface area contributed by atoms with E-state index in [0.717, 1.165) is 25.7 Å². The third-order valence-corrected chi connectivity index (χ3v) is 7.69. The van der Waals surface area contributed by atoms with Crippen LogP contribution in [0.15, 0.2) is 29.3 Å². The molecule has 3 aliphatic carbocycles. The lowest BCUT2D eigenvalue weighted by Gasteiger charge is -2.52. The van der Waals surface area contributed by atoms with Crippen LogP contribution in [-0.4, -0.2) is 27.7 Å². The number of rotatable bonds is 2. The minimum atomic E-state index is -2.46. The second-order valence-electron chi connectivity index (χ2n) is 10.0. The lowest BCUT2D eigenvalue weighted by molar-refractivity contribution is -0.178. The molecule has 0 radical (unpaired) electrons. The Balaban J connectivity index is 0.000000165. The Morgan fingerprint density at radius 1 is 0.939 bits per heavy atom. The average molecular weight is 468 g/mol. The Kier molecular flexibility index (Phi) is 6.26. The van der Waals surface area contributed by atoms with E-state index in [1.54, 1.807) is 6.07 Å². The van der Waals surface area contributed by atoms with Crippen LogP contribution in [0.1, 0.15) is 74.7 Å². The molecule has 0 saturated heterocycles. The monoisotopic (exact) mass is 467 g/mol. The predicted molar refractivity (Wildman–Crippen MR) is 116 cm³/mol. The molecule has 3 N–H and O–H groups in total. The standard InChI is InChI=1S/C15H22F4.C9H7N3O2/c16-14(17)7-3-12(4-8-14)11-1-5-13(6-2-11)9-15(18,19)10-13;10-9(14)8-7-5(1-3-12-8)11-4-2-6(7)13/h11-12H,1-10H2;1-4H,(H2,10,14)(H,11,13). The molecule has 0 aliphatic heterocycles. The van der Waals surface area contributed by atoms with Crippen molar-refractivity contribution in [2.24, 2.45) is 23.0 Å². The van der Waals surface area contributed by atoms with Crippen molar-refractivity contribution in [2.45, 2.75) is 76.1 Å². The van der Waals surface area contributed by atoms with Gasteiger partial charge >= 0.3 is 0 Å². The SMILES string of the molecule is FC1(F)CCC(C2CCC3(CC2)CC(F)(F)C3)CC1.NC(=O)c1nccc2[nH]ccc(=O)c12. The van der Waals surface area contributed by atoms with Crippen molar-refractivity contribution in [3.63, 3.8) is 0 Å². The van der Waals surface area contributed by atoms with Gasteiger partial charge in [0.2, 0.25) is 11.8 Å². The number of carbonyl (C=O) groups excluding carboxylic acids is 1. The first kappa shape index (κ1) is 23.7. The van der Waals surface area contributed by atoms with Gasteiger partial charge in [0, 0.05) is 44.1 Å². The number of pyridine rings is 2. The molecule has 2 aromatic rings. The van der Waals surface area contributed by atoms with Crippen LogP contribution in [-0.2, 0) is 0 Å². The molecular formula is C24H29F4N3O2. The van der Waals surface area contributed by atoms with Crippen molar-refractivity contribution < 1.29 is 22.4 Å². The summed E-state index contributed by atoms with van der Waals surface area (Å²) in [5.74, 6) is -4.66. The fraction of sp³-hybridized carbons (Fsp3) is 0.625. The highest BCUT2D eigenvalue weighted by molar-refractivity contribution is 6.03. The smallest absolute Gasteiger partial charge is 0.268 e. The number of nitrogens with two attached hydrogens (primary N) is 1. The molecule has 3 saturated carbocycles. The van der Waals surface area contributed by atoms with Crippen LogP contribution in [0.25, 0.3) is 10.9 Å². The zero-order valence-corrected chi connectivity index (χ0v) is 18.4. The van der Waals surface area contributed by atoms with Gasteiger partial charge in [0.1, 0.15) is 5.69 Å². The first-order valence-corrected chi connectivity index (χ1v) is 11.5. The normalized spacial score (nSPS) is 24.0. The number of primary amides is 1. The fourth-order valence-electron chi connectivity index (χ4n) is 5.97. The average Bonchev–Trinajstić information content (AvgIpc) is 2.73. The molecule has 2 heterocycles. The molecule has 5 rings (SSSR count). The molecule has 3 fully saturated rings. The van der Waals surface area contributed by atoms with Gasteiger partial charge in [0.25, 0.3) is 5.91 Å². The molecule has 3 aliphatic rings. The van der Waals surface area contributed by atoms with Crippen LogP contribution < -0.4 is 11.2 Å². The first-order chi connectivity index (χ1) is 15.5. The van der Waals surface area contributed by atoms with Crippen LogP contribution in [0.4, 0.5) is 17.6 Å². The van der Waals surface area contributed by atoms with E-state index >= 15 is 0 Å². The van der Waals surface area contributed by atoms with E-state index in [4.69, 9.17) is 5.73 Å². The number of halogens is 4. The van der Waals surface area contributed by atoms with E-state index in [2.05, 4.69) is 9.97 Å². The van der Waals surface area contributed by atoms with Crippen molar-refractivity contribution in [1.82, 2.24) is 9.97 Å². The minimum Gasteiger partial charge on any atom is -0.364 e. The van der Waals surface area contributed by atoms with E-state index in [1.807, 2.05) is 0 Å². The molecule has 1 spiro atoms. The summed E-state index contributed by atoms with van der Waals surface area (Å²) in [6.45, 7) is 0. The summed E-state index contributed by atoms with van der Waals surface area (Å²) < 4.78 is 52.3. The maximum absolute atomic E-state index is 13.1. The second kappa shape index (κ2) is 8.72. The van der Waals surface area contributed by atoms with E-state index in [9.17, 15) is 27.2 Å². The number of aromatic nitrogens is 2. The van der Waals surface area contributed by atoms with E-state index in [0.29, 0.717) is 30.2 Å². The molecule has 1 amide bonds. The van der Waals surface area contributed by atoms with Crippen LogP contribution >= 0.6 is 0 Å². The zero-order valence-electron chi connectivity index (χ0n) is 18.4. The number of fused-ring (bicyclic) bond motifs is 1. The van der Waals surface area contributed by atoms with Gasteiger partial charge in [0.05, 0.1) is 10.9 Å². The highest BCUT2D eigenvalue weighted by Crippen LogP contribution is 2.60. The summed E-state index contributed by atoms with van der Waals surface area (Å²) in [5.41, 5.74) is 5.29. The molecule has 0 atom stereocenters. The maximum atomic E-state index is 13.1. The molecule has 2 aromatic heterocycles. The zero-order chi connectivity index (χ0) is 23.9. The predicted octanol–water partition coefficient (Wildman–Crippen LogP) is 5.44. The van der Waals surface area contributed by atoms with Gasteiger partial charge in [-0.05, 0) is 61.8 Å². The van der Waals surface area contributed by atoms with Crippen molar-refractivity contribution >= 4 is 16.8 Å². The molecule has 33 heavy (non-hydrogen) atoms. The number of hydrogen-bond donors (Lipinski definition) is 2. The van der Waals surface area contributed by atoms with E-state index < -0.39 is 17.8 Å². The molecular weight excluding hydrogens is 438 g/mol. The number of hydrogen-bond acceptors (Lipinski definition) is 3. The summed E-state index contributed by atoms with van der Waals surface area (Å²) in [4.78, 5) is 29.0. The lowest BCUT2D eigenvalue weighted by Crippen LogP contribution is -2.48. The largest absolute Gasteiger partial charge is 0.364 e. The summed E-state index contributed by atoms with van der Waals surface area (Å²) in [5, 5.41) is 0.238. The first-order valence-electron chi connectivity index (χ1n) is 11.5. The topological polar surface area (TPSA) is 88.8 Å². The molecule has 9 heteroatoms.